The van der Waals surface area contributed by atoms with Crippen molar-refractivity contribution in [1.82, 2.24) is 10.6 Å². The van der Waals surface area contributed by atoms with Gasteiger partial charge in [0.05, 0.1) is 6.54 Å². The van der Waals surface area contributed by atoms with Gasteiger partial charge in [-0.2, -0.15) is 0 Å². The average molecular weight is 219 g/mol. The highest BCUT2D eigenvalue weighted by Gasteiger charge is 2.23. The summed E-state index contributed by atoms with van der Waals surface area (Å²) in [7, 11) is 0. The minimum absolute atomic E-state index is 0.0521. The van der Waals surface area contributed by atoms with Crippen molar-refractivity contribution < 1.29 is 9.59 Å². The quantitative estimate of drug-likeness (QED) is 0.651. The van der Waals surface area contributed by atoms with Gasteiger partial charge in [0.25, 0.3) is 0 Å². The van der Waals surface area contributed by atoms with Crippen molar-refractivity contribution in [2.24, 2.45) is 5.92 Å². The van der Waals surface area contributed by atoms with E-state index in [1.54, 1.807) is 6.92 Å². The molecule has 4 nitrogen and oxygen atoms in total. The summed E-state index contributed by atoms with van der Waals surface area (Å²) in [4.78, 5) is 22.4. The molecule has 1 atom stereocenters. The van der Waals surface area contributed by atoms with Gasteiger partial charge in [0, 0.05) is 17.8 Å². The molecule has 0 saturated heterocycles. The molecule has 80 valence electrons. The van der Waals surface area contributed by atoms with Crippen LogP contribution in [0.3, 0.4) is 0 Å². The molecule has 0 aromatic rings. The fourth-order valence-corrected chi connectivity index (χ4v) is 1.06. The van der Waals surface area contributed by atoms with E-state index in [9.17, 15) is 9.59 Å². The molecule has 0 bridgehead atoms. The van der Waals surface area contributed by atoms with E-state index in [1.165, 1.54) is 0 Å². The van der Waals surface area contributed by atoms with Crippen LogP contribution >= 0.6 is 11.6 Å². The first-order valence-electron chi connectivity index (χ1n) is 4.76. The molecule has 0 aliphatic heterocycles. The van der Waals surface area contributed by atoms with Crippen LogP contribution in [0.1, 0.15) is 19.8 Å². The number of amides is 2. The lowest BCUT2D eigenvalue weighted by atomic mass is 10.2. The van der Waals surface area contributed by atoms with E-state index >= 15 is 0 Å². The Morgan fingerprint density at radius 1 is 1.50 bits per heavy atom. The van der Waals surface area contributed by atoms with Crippen LogP contribution in [0.5, 0.6) is 0 Å². The molecule has 0 aromatic carbocycles. The fourth-order valence-electron chi connectivity index (χ4n) is 0.918. The summed E-state index contributed by atoms with van der Waals surface area (Å²) >= 11 is 5.50. The summed E-state index contributed by atoms with van der Waals surface area (Å²) in [5.41, 5.74) is 0. The van der Waals surface area contributed by atoms with Crippen molar-refractivity contribution in [2.75, 3.05) is 12.4 Å². The topological polar surface area (TPSA) is 58.2 Å². The molecular weight excluding hydrogens is 204 g/mol. The molecule has 0 spiro atoms. The van der Waals surface area contributed by atoms with Crippen LogP contribution in [0.4, 0.5) is 0 Å². The van der Waals surface area contributed by atoms with Gasteiger partial charge in [-0.25, -0.2) is 0 Å². The van der Waals surface area contributed by atoms with Crippen molar-refractivity contribution in [2.45, 2.75) is 25.8 Å². The van der Waals surface area contributed by atoms with Crippen LogP contribution in [0, 0.1) is 5.92 Å². The Morgan fingerprint density at radius 2 is 2.14 bits per heavy atom. The first-order chi connectivity index (χ1) is 6.63. The van der Waals surface area contributed by atoms with E-state index in [1.807, 2.05) is 0 Å². The van der Waals surface area contributed by atoms with Gasteiger partial charge in [0.2, 0.25) is 11.8 Å². The molecule has 0 aromatic heterocycles. The monoisotopic (exact) mass is 218 g/mol. The summed E-state index contributed by atoms with van der Waals surface area (Å²) in [5.74, 6) is -0.269. The lowest BCUT2D eigenvalue weighted by molar-refractivity contribution is -0.127. The van der Waals surface area contributed by atoms with E-state index < -0.39 is 0 Å². The lowest BCUT2D eigenvalue weighted by Gasteiger charge is -2.08. The number of halogens is 1. The first kappa shape index (κ1) is 11.3. The van der Waals surface area contributed by atoms with Gasteiger partial charge in [0.1, 0.15) is 0 Å². The Hall–Kier alpha value is -0.770. The second-order valence-corrected chi connectivity index (χ2v) is 3.92. The van der Waals surface area contributed by atoms with Crippen molar-refractivity contribution >= 4 is 23.4 Å². The Labute approximate surface area is 88.4 Å². The zero-order chi connectivity index (χ0) is 10.6. The van der Waals surface area contributed by atoms with Crippen LogP contribution in [-0.2, 0) is 9.59 Å². The maximum atomic E-state index is 11.2. The molecular formula is C9H15ClN2O2. The van der Waals surface area contributed by atoms with Crippen molar-refractivity contribution in [1.29, 1.82) is 0 Å². The first-order valence-corrected chi connectivity index (χ1v) is 5.30. The number of rotatable bonds is 5. The highest BCUT2D eigenvalue weighted by Crippen LogP contribution is 2.18. The number of hydrogen-bond acceptors (Lipinski definition) is 2. The van der Waals surface area contributed by atoms with E-state index in [0.717, 1.165) is 12.8 Å². The Morgan fingerprint density at radius 3 is 2.64 bits per heavy atom. The Kier molecular flexibility index (Phi) is 4.20. The fraction of sp³-hybridized carbons (Fsp3) is 0.778. The van der Waals surface area contributed by atoms with Crippen LogP contribution in [0.25, 0.3) is 0 Å². The van der Waals surface area contributed by atoms with Gasteiger partial charge in [-0.15, -0.1) is 11.6 Å². The minimum Gasteiger partial charge on any atom is -0.352 e. The molecule has 5 heteroatoms. The van der Waals surface area contributed by atoms with Gasteiger partial charge in [-0.3, -0.25) is 9.59 Å². The number of carbonyl (C=O) groups is 2. The number of carbonyl (C=O) groups excluding carboxylic acids is 2. The van der Waals surface area contributed by atoms with E-state index in [-0.39, 0.29) is 30.2 Å². The summed E-state index contributed by atoms with van der Waals surface area (Å²) in [5, 5.41) is 5.31. The van der Waals surface area contributed by atoms with E-state index in [4.69, 9.17) is 11.6 Å². The lowest BCUT2D eigenvalue weighted by Crippen LogP contribution is -2.40. The van der Waals surface area contributed by atoms with E-state index in [0.29, 0.717) is 6.04 Å². The highest BCUT2D eigenvalue weighted by atomic mass is 35.5. The standard InChI is InChI=1S/C9H15ClN2O2/c1-6(4-10)9(14)11-5-8(13)12-7-2-3-7/h6-7H,2-5H2,1H3,(H,11,14)(H,12,13). The van der Waals surface area contributed by atoms with Crippen molar-refractivity contribution in [3.05, 3.63) is 0 Å². The maximum absolute atomic E-state index is 11.2. The molecule has 2 N–H and O–H groups in total. The molecule has 0 radical (unpaired) electrons. The molecule has 0 heterocycles. The largest absolute Gasteiger partial charge is 0.352 e. The molecule has 1 unspecified atom stereocenters. The van der Waals surface area contributed by atoms with Gasteiger partial charge in [0.15, 0.2) is 0 Å². The second-order valence-electron chi connectivity index (χ2n) is 3.61. The zero-order valence-electron chi connectivity index (χ0n) is 8.18. The van der Waals surface area contributed by atoms with Crippen LogP contribution in [0.2, 0.25) is 0 Å². The molecule has 14 heavy (non-hydrogen) atoms. The van der Waals surface area contributed by atoms with Crippen LogP contribution in [-0.4, -0.2) is 30.3 Å². The molecule has 1 rings (SSSR count). The predicted octanol–water partition coefficient (Wildman–Crippen LogP) is 0.256. The van der Waals surface area contributed by atoms with Gasteiger partial charge >= 0.3 is 0 Å². The maximum Gasteiger partial charge on any atom is 0.239 e. The van der Waals surface area contributed by atoms with Gasteiger partial charge in [-0.05, 0) is 12.8 Å². The normalized spacial score (nSPS) is 17.3. The third-order valence-corrected chi connectivity index (χ3v) is 2.51. The third kappa shape index (κ3) is 3.96. The molecule has 1 aliphatic carbocycles. The van der Waals surface area contributed by atoms with Gasteiger partial charge < -0.3 is 10.6 Å². The number of alkyl halides is 1. The SMILES string of the molecule is CC(CCl)C(=O)NCC(=O)NC1CC1. The summed E-state index contributed by atoms with van der Waals surface area (Å²) in [6.45, 7) is 1.78. The van der Waals surface area contributed by atoms with Crippen LogP contribution in [0.15, 0.2) is 0 Å². The number of hydrogen-bond donors (Lipinski definition) is 2. The zero-order valence-corrected chi connectivity index (χ0v) is 8.93. The Balaban J connectivity index is 2.11. The number of nitrogens with one attached hydrogen (secondary N) is 2. The summed E-state index contributed by atoms with van der Waals surface area (Å²) in [6.07, 6.45) is 2.11. The average Bonchev–Trinajstić information content (AvgIpc) is 2.96. The van der Waals surface area contributed by atoms with E-state index in [2.05, 4.69) is 10.6 Å². The molecule has 1 aliphatic rings. The molecule has 2 amide bonds. The van der Waals surface area contributed by atoms with Gasteiger partial charge in [-0.1, -0.05) is 6.92 Å². The van der Waals surface area contributed by atoms with Crippen LogP contribution < -0.4 is 10.6 Å². The third-order valence-electron chi connectivity index (χ3n) is 2.04. The van der Waals surface area contributed by atoms with Crippen molar-refractivity contribution in [3.63, 3.8) is 0 Å². The smallest absolute Gasteiger partial charge is 0.239 e. The highest BCUT2D eigenvalue weighted by molar-refractivity contribution is 6.19. The Bertz CT molecular complexity index is 229. The predicted molar refractivity (Wildman–Crippen MR) is 54.1 cm³/mol. The molecule has 1 fully saturated rings. The second kappa shape index (κ2) is 5.20. The molecule has 1 saturated carbocycles. The minimum atomic E-state index is -0.245. The van der Waals surface area contributed by atoms with Crippen molar-refractivity contribution in [3.8, 4) is 0 Å². The summed E-state index contributed by atoms with van der Waals surface area (Å²) in [6, 6.07) is 0.338. The summed E-state index contributed by atoms with van der Waals surface area (Å²) < 4.78 is 0.